The minimum atomic E-state index is -0.976. The predicted octanol–water partition coefficient (Wildman–Crippen LogP) is 3.96. The molecule has 1 aliphatic rings. The maximum Gasteiger partial charge on any atom is 0.336 e. The number of nitrogens with zero attached hydrogens (tertiary/aromatic N) is 2. The molecule has 1 aromatic heterocycles. The SMILES string of the molecule is O=C(O)C(=Cc1cccc(OCCCN2CCCCC2)c1)c1cccnc1. The third-order valence-electron chi connectivity index (χ3n) is 4.71. The van der Waals surface area contributed by atoms with E-state index in [1.807, 2.05) is 24.3 Å². The number of hydrogen-bond acceptors (Lipinski definition) is 4. The highest BCUT2D eigenvalue weighted by Gasteiger charge is 2.11. The van der Waals surface area contributed by atoms with Crippen molar-refractivity contribution in [2.45, 2.75) is 25.7 Å². The molecule has 27 heavy (non-hydrogen) atoms. The van der Waals surface area contributed by atoms with Crippen molar-refractivity contribution in [2.75, 3.05) is 26.2 Å². The predicted molar refractivity (Wildman–Crippen MR) is 107 cm³/mol. The Morgan fingerprint density at radius 2 is 2.04 bits per heavy atom. The number of carbonyl (C=O) groups is 1. The summed E-state index contributed by atoms with van der Waals surface area (Å²) < 4.78 is 5.87. The second-order valence-corrected chi connectivity index (χ2v) is 6.78. The van der Waals surface area contributed by atoms with E-state index in [1.54, 1.807) is 30.6 Å². The van der Waals surface area contributed by atoms with Crippen molar-refractivity contribution in [2.24, 2.45) is 0 Å². The summed E-state index contributed by atoms with van der Waals surface area (Å²) in [6, 6.07) is 11.0. The number of carboxylic acids is 1. The fourth-order valence-corrected chi connectivity index (χ4v) is 3.31. The van der Waals surface area contributed by atoms with Gasteiger partial charge in [-0.05, 0) is 62.2 Å². The number of aliphatic carboxylic acids is 1. The largest absolute Gasteiger partial charge is 0.494 e. The van der Waals surface area contributed by atoms with Gasteiger partial charge in [-0.2, -0.15) is 0 Å². The molecular formula is C22H26N2O3. The maximum absolute atomic E-state index is 11.6. The fourth-order valence-electron chi connectivity index (χ4n) is 3.31. The topological polar surface area (TPSA) is 62.7 Å². The first-order chi connectivity index (χ1) is 13.2. The normalized spacial score (nSPS) is 15.5. The maximum atomic E-state index is 11.6. The van der Waals surface area contributed by atoms with Gasteiger partial charge in [0.1, 0.15) is 5.75 Å². The van der Waals surface area contributed by atoms with Crippen molar-refractivity contribution in [1.29, 1.82) is 0 Å². The molecule has 1 aromatic carbocycles. The molecule has 2 heterocycles. The number of likely N-dealkylation sites (tertiary alicyclic amines) is 1. The lowest BCUT2D eigenvalue weighted by atomic mass is 10.0. The Balaban J connectivity index is 1.59. The Morgan fingerprint density at radius 3 is 2.78 bits per heavy atom. The molecule has 0 atom stereocenters. The van der Waals surface area contributed by atoms with Gasteiger partial charge < -0.3 is 14.7 Å². The molecule has 5 heteroatoms. The Bertz CT molecular complexity index is 768. The lowest BCUT2D eigenvalue weighted by Gasteiger charge is -2.26. The molecule has 1 saturated heterocycles. The second-order valence-electron chi connectivity index (χ2n) is 6.78. The molecule has 1 fully saturated rings. The van der Waals surface area contributed by atoms with E-state index in [-0.39, 0.29) is 5.57 Å². The summed E-state index contributed by atoms with van der Waals surface area (Å²) in [5.74, 6) is -0.214. The average Bonchev–Trinajstić information content (AvgIpc) is 2.71. The Morgan fingerprint density at radius 1 is 1.19 bits per heavy atom. The van der Waals surface area contributed by atoms with E-state index >= 15 is 0 Å². The van der Waals surface area contributed by atoms with Gasteiger partial charge in [-0.1, -0.05) is 24.6 Å². The van der Waals surface area contributed by atoms with Crippen LogP contribution in [-0.4, -0.2) is 47.2 Å². The number of pyridine rings is 1. The van der Waals surface area contributed by atoms with E-state index in [9.17, 15) is 9.90 Å². The van der Waals surface area contributed by atoms with Crippen molar-refractivity contribution in [3.63, 3.8) is 0 Å². The van der Waals surface area contributed by atoms with Gasteiger partial charge in [0.05, 0.1) is 12.2 Å². The first-order valence-corrected chi connectivity index (χ1v) is 9.53. The van der Waals surface area contributed by atoms with Gasteiger partial charge in [0, 0.05) is 24.5 Å². The zero-order chi connectivity index (χ0) is 18.9. The lowest BCUT2D eigenvalue weighted by Crippen LogP contribution is -2.31. The molecule has 0 aliphatic carbocycles. The minimum absolute atomic E-state index is 0.213. The molecular weight excluding hydrogens is 340 g/mol. The third kappa shape index (κ3) is 5.93. The van der Waals surface area contributed by atoms with Crippen LogP contribution in [0.4, 0.5) is 0 Å². The molecule has 0 unspecified atom stereocenters. The number of benzene rings is 1. The van der Waals surface area contributed by atoms with Crippen LogP contribution < -0.4 is 4.74 Å². The van der Waals surface area contributed by atoms with Gasteiger partial charge in [-0.15, -0.1) is 0 Å². The zero-order valence-electron chi connectivity index (χ0n) is 15.5. The summed E-state index contributed by atoms with van der Waals surface area (Å²) >= 11 is 0. The summed E-state index contributed by atoms with van der Waals surface area (Å²) in [6.07, 6.45) is 9.79. The highest BCUT2D eigenvalue weighted by molar-refractivity contribution is 6.20. The Labute approximate surface area is 160 Å². The van der Waals surface area contributed by atoms with Gasteiger partial charge >= 0.3 is 5.97 Å². The van der Waals surface area contributed by atoms with E-state index in [0.29, 0.717) is 12.2 Å². The second kappa shape index (κ2) is 9.88. The van der Waals surface area contributed by atoms with Gasteiger partial charge in [-0.3, -0.25) is 4.98 Å². The van der Waals surface area contributed by atoms with Crippen LogP contribution in [0, 0.1) is 0 Å². The van der Waals surface area contributed by atoms with Crippen LogP contribution in [0.1, 0.15) is 36.8 Å². The van der Waals surface area contributed by atoms with Crippen LogP contribution >= 0.6 is 0 Å². The van der Waals surface area contributed by atoms with Gasteiger partial charge in [0.15, 0.2) is 0 Å². The van der Waals surface area contributed by atoms with E-state index in [2.05, 4.69) is 9.88 Å². The first kappa shape index (κ1) is 19.1. The van der Waals surface area contributed by atoms with E-state index in [0.717, 1.165) is 24.3 Å². The number of ether oxygens (including phenoxy) is 1. The van der Waals surface area contributed by atoms with Gasteiger partial charge in [0.2, 0.25) is 0 Å². The van der Waals surface area contributed by atoms with Crippen LogP contribution in [0.3, 0.4) is 0 Å². The molecule has 0 spiro atoms. The Hall–Kier alpha value is -2.66. The van der Waals surface area contributed by atoms with Crippen LogP contribution in [0.15, 0.2) is 48.8 Å². The number of hydrogen-bond donors (Lipinski definition) is 1. The van der Waals surface area contributed by atoms with Crippen LogP contribution in [0.25, 0.3) is 11.6 Å². The summed E-state index contributed by atoms with van der Waals surface area (Å²) in [4.78, 5) is 18.1. The summed E-state index contributed by atoms with van der Waals surface area (Å²) in [6.45, 7) is 4.14. The number of aromatic nitrogens is 1. The van der Waals surface area contributed by atoms with Crippen molar-refractivity contribution < 1.29 is 14.6 Å². The smallest absolute Gasteiger partial charge is 0.336 e. The molecule has 3 rings (SSSR count). The summed E-state index contributed by atoms with van der Waals surface area (Å²) in [5.41, 5.74) is 1.59. The van der Waals surface area contributed by atoms with Gasteiger partial charge in [0.25, 0.3) is 0 Å². The number of rotatable bonds is 8. The minimum Gasteiger partial charge on any atom is -0.494 e. The molecule has 1 aliphatic heterocycles. The molecule has 2 aromatic rings. The standard InChI is InChI=1S/C22H26N2O3/c25-22(26)21(19-8-5-10-23-17-19)16-18-7-4-9-20(15-18)27-14-6-13-24-11-2-1-3-12-24/h4-5,7-10,15-17H,1-3,6,11-14H2,(H,25,26). The molecule has 0 amide bonds. The molecule has 0 radical (unpaired) electrons. The average molecular weight is 366 g/mol. The van der Waals surface area contributed by atoms with E-state index in [4.69, 9.17) is 4.74 Å². The van der Waals surface area contributed by atoms with Crippen molar-refractivity contribution in [3.8, 4) is 5.75 Å². The van der Waals surface area contributed by atoms with Gasteiger partial charge in [-0.25, -0.2) is 4.79 Å². The molecule has 0 bridgehead atoms. The third-order valence-corrected chi connectivity index (χ3v) is 4.71. The van der Waals surface area contributed by atoms with Crippen molar-refractivity contribution in [1.82, 2.24) is 9.88 Å². The molecule has 5 nitrogen and oxygen atoms in total. The monoisotopic (exact) mass is 366 g/mol. The van der Waals surface area contributed by atoms with E-state index in [1.165, 1.54) is 32.4 Å². The highest BCUT2D eigenvalue weighted by atomic mass is 16.5. The quantitative estimate of drug-likeness (QED) is 0.566. The van der Waals surface area contributed by atoms with Crippen LogP contribution in [-0.2, 0) is 4.79 Å². The van der Waals surface area contributed by atoms with E-state index < -0.39 is 5.97 Å². The highest BCUT2D eigenvalue weighted by Crippen LogP contribution is 2.21. The summed E-state index contributed by atoms with van der Waals surface area (Å²) in [7, 11) is 0. The fraction of sp³-hybridized carbons (Fsp3) is 0.364. The van der Waals surface area contributed by atoms with Crippen LogP contribution in [0.2, 0.25) is 0 Å². The van der Waals surface area contributed by atoms with Crippen molar-refractivity contribution >= 4 is 17.6 Å². The summed E-state index contributed by atoms with van der Waals surface area (Å²) in [5, 5.41) is 9.52. The first-order valence-electron chi connectivity index (χ1n) is 9.53. The number of carboxylic acid groups (broad SMARTS) is 1. The Kier molecular flexibility index (Phi) is 6.99. The number of piperidine rings is 1. The molecule has 142 valence electrons. The molecule has 0 saturated carbocycles. The zero-order valence-corrected chi connectivity index (χ0v) is 15.5. The van der Waals surface area contributed by atoms with Crippen LogP contribution in [0.5, 0.6) is 5.75 Å². The van der Waals surface area contributed by atoms with Crippen molar-refractivity contribution in [3.05, 3.63) is 59.9 Å². The lowest BCUT2D eigenvalue weighted by molar-refractivity contribution is -0.130. The molecule has 1 N–H and O–H groups in total.